The summed E-state index contributed by atoms with van der Waals surface area (Å²) in [6.45, 7) is 6.64. The number of hydrogen-bond donors (Lipinski definition) is 1. The van der Waals surface area contributed by atoms with E-state index in [0.717, 1.165) is 25.0 Å². The van der Waals surface area contributed by atoms with Crippen LogP contribution in [0.5, 0.6) is 5.75 Å². The predicted octanol–water partition coefficient (Wildman–Crippen LogP) is 3.90. The van der Waals surface area contributed by atoms with Crippen LogP contribution in [0.25, 0.3) is 0 Å². The summed E-state index contributed by atoms with van der Waals surface area (Å²) in [5, 5.41) is 9.71. The Hall–Kier alpha value is -1.58. The summed E-state index contributed by atoms with van der Waals surface area (Å²) in [5.74, 6) is -0.879. The standard InChI is InChI=1S/C17H21FO3/c1-16(2)10-6-7-17(16,3)14(8-10)21-15(20)12-9-11(18)4-5-13(12)19/h4-5,9-10,14,19H,6-8H2,1-3H3. The van der Waals surface area contributed by atoms with E-state index in [4.69, 9.17) is 4.74 Å². The van der Waals surface area contributed by atoms with Gasteiger partial charge in [0, 0.05) is 5.41 Å². The highest BCUT2D eigenvalue weighted by Crippen LogP contribution is 2.66. The van der Waals surface area contributed by atoms with Crippen LogP contribution < -0.4 is 0 Å². The van der Waals surface area contributed by atoms with E-state index in [1.54, 1.807) is 0 Å². The van der Waals surface area contributed by atoms with Crippen molar-refractivity contribution in [2.75, 3.05) is 0 Å². The lowest BCUT2D eigenvalue weighted by atomic mass is 9.70. The Morgan fingerprint density at radius 1 is 1.38 bits per heavy atom. The van der Waals surface area contributed by atoms with Gasteiger partial charge in [-0.1, -0.05) is 20.8 Å². The average Bonchev–Trinajstić information content (AvgIpc) is 2.74. The minimum atomic E-state index is -0.637. The fourth-order valence-corrected chi connectivity index (χ4v) is 4.17. The Labute approximate surface area is 124 Å². The van der Waals surface area contributed by atoms with E-state index in [2.05, 4.69) is 20.8 Å². The summed E-state index contributed by atoms with van der Waals surface area (Å²) in [6.07, 6.45) is 2.90. The smallest absolute Gasteiger partial charge is 0.342 e. The number of hydrogen-bond acceptors (Lipinski definition) is 3. The third kappa shape index (κ3) is 1.95. The van der Waals surface area contributed by atoms with Crippen LogP contribution in [0.3, 0.4) is 0 Å². The van der Waals surface area contributed by atoms with Crippen molar-refractivity contribution in [3.8, 4) is 5.75 Å². The highest BCUT2D eigenvalue weighted by atomic mass is 19.1. The van der Waals surface area contributed by atoms with Crippen molar-refractivity contribution in [1.82, 2.24) is 0 Å². The Morgan fingerprint density at radius 3 is 2.67 bits per heavy atom. The first-order valence-electron chi connectivity index (χ1n) is 7.45. The molecular formula is C17H21FO3. The predicted molar refractivity (Wildman–Crippen MR) is 76.5 cm³/mol. The number of esters is 1. The van der Waals surface area contributed by atoms with Gasteiger partial charge in [0.15, 0.2) is 0 Å². The molecular weight excluding hydrogens is 271 g/mol. The number of carbonyl (C=O) groups is 1. The Balaban J connectivity index is 1.82. The summed E-state index contributed by atoms with van der Waals surface area (Å²) in [5.41, 5.74) is -0.00255. The molecule has 2 aliphatic rings. The zero-order valence-electron chi connectivity index (χ0n) is 12.6. The molecule has 0 heterocycles. The zero-order chi connectivity index (χ0) is 15.4. The van der Waals surface area contributed by atoms with Crippen molar-refractivity contribution in [3.05, 3.63) is 29.6 Å². The maximum atomic E-state index is 13.3. The van der Waals surface area contributed by atoms with E-state index in [1.165, 1.54) is 12.5 Å². The normalized spacial score (nSPS) is 33.1. The molecule has 3 unspecified atom stereocenters. The van der Waals surface area contributed by atoms with E-state index in [9.17, 15) is 14.3 Å². The van der Waals surface area contributed by atoms with E-state index in [1.807, 2.05) is 0 Å². The number of phenolic OH excluding ortho intramolecular Hbond substituents is 1. The molecule has 2 fully saturated rings. The SMILES string of the molecule is CC1(C)C2CCC1(C)C(OC(=O)c1cc(F)ccc1O)C2. The van der Waals surface area contributed by atoms with E-state index in [-0.39, 0.29) is 28.2 Å². The summed E-state index contributed by atoms with van der Waals surface area (Å²) < 4.78 is 18.9. The summed E-state index contributed by atoms with van der Waals surface area (Å²) in [7, 11) is 0. The lowest BCUT2D eigenvalue weighted by molar-refractivity contribution is -0.0244. The molecule has 0 aromatic heterocycles. The zero-order valence-corrected chi connectivity index (χ0v) is 12.6. The van der Waals surface area contributed by atoms with Crippen LogP contribution in [-0.4, -0.2) is 17.2 Å². The quantitative estimate of drug-likeness (QED) is 0.841. The fraction of sp³-hybridized carbons (Fsp3) is 0.588. The van der Waals surface area contributed by atoms with Crippen LogP contribution in [0.4, 0.5) is 4.39 Å². The molecule has 2 saturated carbocycles. The van der Waals surface area contributed by atoms with Gasteiger partial charge in [-0.15, -0.1) is 0 Å². The average molecular weight is 292 g/mol. The highest BCUT2D eigenvalue weighted by Gasteiger charge is 2.62. The number of phenols is 1. The van der Waals surface area contributed by atoms with Gasteiger partial charge in [-0.3, -0.25) is 0 Å². The minimum absolute atomic E-state index is 0.0454. The lowest BCUT2D eigenvalue weighted by Crippen LogP contribution is -2.38. The highest BCUT2D eigenvalue weighted by molar-refractivity contribution is 5.92. The van der Waals surface area contributed by atoms with Crippen molar-refractivity contribution in [3.63, 3.8) is 0 Å². The topological polar surface area (TPSA) is 46.5 Å². The Kier molecular flexibility index (Phi) is 3.05. The van der Waals surface area contributed by atoms with Gasteiger partial charge in [-0.2, -0.15) is 0 Å². The molecule has 4 heteroatoms. The molecule has 0 radical (unpaired) electrons. The maximum absolute atomic E-state index is 13.3. The molecule has 2 aliphatic carbocycles. The largest absolute Gasteiger partial charge is 0.507 e. The van der Waals surface area contributed by atoms with Gasteiger partial charge >= 0.3 is 5.97 Å². The first-order valence-corrected chi connectivity index (χ1v) is 7.45. The van der Waals surface area contributed by atoms with Crippen molar-refractivity contribution in [2.24, 2.45) is 16.7 Å². The van der Waals surface area contributed by atoms with Crippen molar-refractivity contribution >= 4 is 5.97 Å². The molecule has 1 aromatic carbocycles. The van der Waals surface area contributed by atoms with E-state index < -0.39 is 11.8 Å². The Bertz CT molecular complexity index is 596. The van der Waals surface area contributed by atoms with E-state index >= 15 is 0 Å². The molecule has 0 aliphatic heterocycles. The molecule has 21 heavy (non-hydrogen) atoms. The minimum Gasteiger partial charge on any atom is -0.507 e. The lowest BCUT2D eigenvalue weighted by Gasteiger charge is -2.38. The molecule has 0 amide bonds. The van der Waals surface area contributed by atoms with Gasteiger partial charge in [-0.05, 0) is 48.8 Å². The Morgan fingerprint density at radius 2 is 2.10 bits per heavy atom. The van der Waals surface area contributed by atoms with Gasteiger partial charge in [0.2, 0.25) is 0 Å². The second-order valence-electron chi connectivity index (χ2n) is 7.17. The number of ether oxygens (including phenoxy) is 1. The summed E-state index contributed by atoms with van der Waals surface area (Å²) >= 11 is 0. The van der Waals surface area contributed by atoms with Gasteiger partial charge in [-0.25, -0.2) is 9.18 Å². The number of aromatic hydroxyl groups is 1. The van der Waals surface area contributed by atoms with Crippen LogP contribution in [0.1, 0.15) is 50.4 Å². The third-order valence-corrected chi connectivity index (χ3v) is 6.14. The number of benzene rings is 1. The molecule has 1 aromatic rings. The van der Waals surface area contributed by atoms with Crippen LogP contribution >= 0.6 is 0 Å². The van der Waals surface area contributed by atoms with Gasteiger partial charge in [0.25, 0.3) is 0 Å². The van der Waals surface area contributed by atoms with Gasteiger partial charge in [0.1, 0.15) is 23.2 Å². The van der Waals surface area contributed by atoms with Gasteiger partial charge in [0.05, 0.1) is 0 Å². The molecule has 0 saturated heterocycles. The second-order valence-corrected chi connectivity index (χ2v) is 7.17. The van der Waals surface area contributed by atoms with Gasteiger partial charge < -0.3 is 9.84 Å². The molecule has 3 nitrogen and oxygen atoms in total. The van der Waals surface area contributed by atoms with Crippen LogP contribution in [0.2, 0.25) is 0 Å². The number of halogens is 1. The third-order valence-electron chi connectivity index (χ3n) is 6.14. The molecule has 0 spiro atoms. The van der Waals surface area contributed by atoms with Crippen LogP contribution in [0, 0.1) is 22.6 Å². The molecule has 1 N–H and O–H groups in total. The second kappa shape index (κ2) is 4.46. The molecule has 3 rings (SSSR count). The summed E-state index contributed by atoms with van der Waals surface area (Å²) in [4.78, 5) is 12.3. The fourth-order valence-electron chi connectivity index (χ4n) is 4.17. The maximum Gasteiger partial charge on any atom is 0.342 e. The molecule has 114 valence electrons. The first-order chi connectivity index (χ1) is 9.75. The number of fused-ring (bicyclic) bond motifs is 2. The van der Waals surface area contributed by atoms with E-state index in [0.29, 0.717) is 5.92 Å². The number of rotatable bonds is 2. The van der Waals surface area contributed by atoms with Crippen molar-refractivity contribution < 1.29 is 19.0 Å². The van der Waals surface area contributed by atoms with Crippen LogP contribution in [-0.2, 0) is 4.74 Å². The molecule has 3 atom stereocenters. The monoisotopic (exact) mass is 292 g/mol. The summed E-state index contributed by atoms with van der Waals surface area (Å²) in [6, 6.07) is 3.32. The number of carbonyl (C=O) groups excluding carboxylic acids is 1. The first kappa shape index (κ1) is 14.4. The van der Waals surface area contributed by atoms with Crippen molar-refractivity contribution in [2.45, 2.75) is 46.1 Å². The molecule has 2 bridgehead atoms. The van der Waals surface area contributed by atoms with Crippen molar-refractivity contribution in [1.29, 1.82) is 0 Å². The van der Waals surface area contributed by atoms with Crippen LogP contribution in [0.15, 0.2) is 18.2 Å².